The van der Waals surface area contributed by atoms with Crippen molar-refractivity contribution in [3.05, 3.63) is 53.7 Å². The van der Waals surface area contributed by atoms with Crippen molar-refractivity contribution in [3.63, 3.8) is 0 Å². The van der Waals surface area contributed by atoms with Gasteiger partial charge in [0, 0.05) is 22.3 Å². The smallest absolute Gasteiger partial charge is 0.430 e. The first-order valence-corrected chi connectivity index (χ1v) is 12.2. The predicted octanol–water partition coefficient (Wildman–Crippen LogP) is 4.65. The highest BCUT2D eigenvalue weighted by Gasteiger charge is 2.52. The first kappa shape index (κ1) is 24.2. The van der Waals surface area contributed by atoms with Crippen LogP contribution in [0.5, 0.6) is 11.5 Å². The van der Waals surface area contributed by atoms with Gasteiger partial charge in [0.1, 0.15) is 12.9 Å². The van der Waals surface area contributed by atoms with E-state index in [1.54, 1.807) is 26.0 Å². The topological polar surface area (TPSA) is 105 Å². The number of aromatic nitrogens is 1. The Kier molecular flexibility index (Phi) is 5.21. The highest BCUT2D eigenvalue weighted by atomic mass is 19.3. The van der Waals surface area contributed by atoms with E-state index in [0.717, 1.165) is 22.9 Å². The minimum atomic E-state index is -3.73. The molecule has 1 aromatic heterocycles. The van der Waals surface area contributed by atoms with Crippen LogP contribution in [0.4, 0.5) is 19.3 Å². The highest BCUT2D eigenvalue weighted by Crippen LogP contribution is 2.52. The quantitative estimate of drug-likeness (QED) is 0.353. The standard InChI is InChI=1S/C27H24F2N2O7/c1-25(2,14-32)22-10-15-9-17(4-5-19(15)31(22)12-18-13-35-24(34)36-18)30-23(33)26(7-8-26)16-3-6-20-21(11-16)38-27(28,29)37-20/h3-6,9-11,14,18H,7-8,12-13H2,1-2H3,(H,30,33). The maximum absolute atomic E-state index is 13.4. The van der Waals surface area contributed by atoms with Gasteiger partial charge in [-0.05, 0) is 68.7 Å². The summed E-state index contributed by atoms with van der Waals surface area (Å²) in [6.07, 6.45) is -2.96. The molecule has 3 aromatic rings. The van der Waals surface area contributed by atoms with Crippen molar-refractivity contribution in [3.8, 4) is 11.5 Å². The Hall–Kier alpha value is -4.15. The molecule has 38 heavy (non-hydrogen) atoms. The van der Waals surface area contributed by atoms with Gasteiger partial charge < -0.3 is 33.6 Å². The summed E-state index contributed by atoms with van der Waals surface area (Å²) in [5.74, 6) is -0.429. The average molecular weight is 526 g/mol. The van der Waals surface area contributed by atoms with Gasteiger partial charge in [0.25, 0.3) is 0 Å². The van der Waals surface area contributed by atoms with Crippen LogP contribution in [-0.2, 0) is 36.4 Å². The molecule has 6 rings (SSSR count). The Bertz CT molecular complexity index is 1490. The van der Waals surface area contributed by atoms with Crippen LogP contribution in [-0.4, -0.2) is 41.9 Å². The number of nitrogens with one attached hydrogen (secondary N) is 1. The Labute approximate surface area is 215 Å². The van der Waals surface area contributed by atoms with Crippen molar-refractivity contribution in [2.24, 2.45) is 0 Å². The number of hydrogen-bond acceptors (Lipinski definition) is 7. The number of benzene rings is 2. The zero-order valence-electron chi connectivity index (χ0n) is 20.6. The zero-order valence-corrected chi connectivity index (χ0v) is 20.6. The van der Waals surface area contributed by atoms with E-state index in [9.17, 15) is 23.2 Å². The summed E-state index contributed by atoms with van der Waals surface area (Å²) < 4.78 is 47.9. The van der Waals surface area contributed by atoms with Gasteiger partial charge in [-0.2, -0.15) is 0 Å². The minimum absolute atomic E-state index is 0.0714. The van der Waals surface area contributed by atoms with E-state index in [4.69, 9.17) is 9.47 Å². The summed E-state index contributed by atoms with van der Waals surface area (Å²) in [5, 5.41) is 3.74. The first-order valence-electron chi connectivity index (χ1n) is 12.2. The van der Waals surface area contributed by atoms with Crippen LogP contribution in [0, 0.1) is 0 Å². The third-order valence-electron chi connectivity index (χ3n) is 7.29. The number of aldehydes is 1. The summed E-state index contributed by atoms with van der Waals surface area (Å²) in [7, 11) is 0. The SMILES string of the molecule is CC(C)(C=O)c1cc2cc(NC(=O)C3(c4ccc5c(c4)OC(F)(F)O5)CC3)ccc2n1CC1COC(=O)O1. The minimum Gasteiger partial charge on any atom is -0.430 e. The second kappa shape index (κ2) is 8.17. The van der Waals surface area contributed by atoms with Crippen LogP contribution in [0.1, 0.15) is 37.9 Å². The van der Waals surface area contributed by atoms with Gasteiger partial charge in [-0.25, -0.2) is 4.79 Å². The molecule has 11 heteroatoms. The summed E-state index contributed by atoms with van der Waals surface area (Å²) in [6, 6.07) is 11.7. The molecule has 1 saturated carbocycles. The van der Waals surface area contributed by atoms with Crippen molar-refractivity contribution in [2.75, 3.05) is 11.9 Å². The molecule has 1 unspecified atom stereocenters. The fraction of sp³-hybridized carbons (Fsp3) is 0.370. The number of hydrogen-bond donors (Lipinski definition) is 1. The number of nitrogens with zero attached hydrogens (tertiary/aromatic N) is 1. The molecule has 9 nitrogen and oxygen atoms in total. The molecular formula is C27H24F2N2O7. The zero-order chi connectivity index (χ0) is 26.9. The maximum atomic E-state index is 13.4. The van der Waals surface area contributed by atoms with Crippen LogP contribution in [0.15, 0.2) is 42.5 Å². The maximum Gasteiger partial charge on any atom is 0.586 e. The molecule has 1 amide bonds. The molecule has 2 aromatic carbocycles. The van der Waals surface area contributed by atoms with E-state index in [-0.39, 0.29) is 24.0 Å². The van der Waals surface area contributed by atoms with E-state index in [1.807, 2.05) is 22.8 Å². The number of fused-ring (bicyclic) bond motifs is 2. The number of carbonyl (C=O) groups excluding carboxylic acids is 3. The Morgan fingerprint density at radius 3 is 2.58 bits per heavy atom. The van der Waals surface area contributed by atoms with E-state index in [2.05, 4.69) is 14.8 Å². The van der Waals surface area contributed by atoms with Crippen LogP contribution < -0.4 is 14.8 Å². The van der Waals surface area contributed by atoms with Gasteiger partial charge >= 0.3 is 12.5 Å². The molecule has 2 aliphatic heterocycles. The van der Waals surface area contributed by atoms with E-state index in [0.29, 0.717) is 30.6 Å². The molecule has 1 N–H and O–H groups in total. The van der Waals surface area contributed by atoms with Crippen LogP contribution in [0.3, 0.4) is 0 Å². The number of carbonyl (C=O) groups is 3. The molecule has 3 aliphatic rings. The molecule has 198 valence electrons. The summed E-state index contributed by atoms with van der Waals surface area (Å²) in [5.41, 5.74) is 0.974. The lowest BCUT2D eigenvalue weighted by Crippen LogP contribution is -2.28. The lowest BCUT2D eigenvalue weighted by molar-refractivity contribution is -0.286. The molecule has 2 fully saturated rings. The second-order valence-electron chi connectivity index (χ2n) is 10.4. The summed E-state index contributed by atoms with van der Waals surface area (Å²) in [6.45, 7) is 4.01. The molecule has 0 bridgehead atoms. The predicted molar refractivity (Wildman–Crippen MR) is 129 cm³/mol. The Morgan fingerprint density at radius 1 is 1.13 bits per heavy atom. The summed E-state index contributed by atoms with van der Waals surface area (Å²) in [4.78, 5) is 36.6. The van der Waals surface area contributed by atoms with Gasteiger partial charge in [0.2, 0.25) is 5.91 Å². The number of amides is 1. The van der Waals surface area contributed by atoms with Crippen molar-refractivity contribution in [1.82, 2.24) is 4.57 Å². The number of ether oxygens (including phenoxy) is 4. The molecule has 0 spiro atoms. The Morgan fingerprint density at radius 2 is 1.89 bits per heavy atom. The van der Waals surface area contributed by atoms with Gasteiger partial charge in [-0.1, -0.05) is 6.07 Å². The van der Waals surface area contributed by atoms with Crippen LogP contribution in [0.25, 0.3) is 10.9 Å². The molecule has 1 atom stereocenters. The van der Waals surface area contributed by atoms with E-state index >= 15 is 0 Å². The fourth-order valence-electron chi connectivity index (χ4n) is 5.07. The number of cyclic esters (lactones) is 2. The number of halogens is 2. The van der Waals surface area contributed by atoms with Gasteiger partial charge in [0.15, 0.2) is 17.6 Å². The van der Waals surface area contributed by atoms with Gasteiger partial charge in [-0.15, -0.1) is 8.78 Å². The monoisotopic (exact) mass is 526 g/mol. The highest BCUT2D eigenvalue weighted by molar-refractivity contribution is 6.02. The van der Waals surface area contributed by atoms with Crippen LogP contribution in [0.2, 0.25) is 0 Å². The van der Waals surface area contributed by atoms with E-state index < -0.39 is 29.4 Å². The Balaban J connectivity index is 1.28. The largest absolute Gasteiger partial charge is 0.586 e. The van der Waals surface area contributed by atoms with Gasteiger partial charge in [0.05, 0.1) is 17.4 Å². The second-order valence-corrected chi connectivity index (χ2v) is 10.4. The van der Waals surface area contributed by atoms with Gasteiger partial charge in [-0.3, -0.25) is 4.79 Å². The van der Waals surface area contributed by atoms with Crippen molar-refractivity contribution in [2.45, 2.75) is 56.5 Å². The summed E-state index contributed by atoms with van der Waals surface area (Å²) >= 11 is 0. The van der Waals surface area contributed by atoms with Crippen molar-refractivity contribution in [1.29, 1.82) is 0 Å². The lowest BCUT2D eigenvalue weighted by atomic mass is 9.91. The van der Waals surface area contributed by atoms with Crippen LogP contribution >= 0.6 is 0 Å². The lowest BCUT2D eigenvalue weighted by Gasteiger charge is -2.22. The molecule has 3 heterocycles. The normalized spacial score (nSPS) is 20.6. The van der Waals surface area contributed by atoms with E-state index in [1.165, 1.54) is 12.1 Å². The number of anilines is 1. The number of alkyl halides is 2. The number of rotatable bonds is 7. The fourth-order valence-corrected chi connectivity index (χ4v) is 5.07. The first-order chi connectivity index (χ1) is 18.0. The average Bonchev–Trinajstić information content (AvgIpc) is 3.31. The van der Waals surface area contributed by atoms with Crippen molar-refractivity contribution < 1.29 is 42.1 Å². The molecular weight excluding hydrogens is 502 g/mol. The molecule has 1 saturated heterocycles. The molecule has 1 aliphatic carbocycles. The third-order valence-corrected chi connectivity index (χ3v) is 7.29. The molecule has 0 radical (unpaired) electrons. The third kappa shape index (κ3) is 4.02. The van der Waals surface area contributed by atoms with Crippen molar-refractivity contribution >= 4 is 34.9 Å².